The highest BCUT2D eigenvalue weighted by Crippen LogP contribution is 2.31. The largest absolute Gasteiger partial charge is 0.322 e. The Bertz CT molecular complexity index is 964. The van der Waals surface area contributed by atoms with Crippen molar-refractivity contribution in [1.82, 2.24) is 15.1 Å². The second-order valence-electron chi connectivity index (χ2n) is 7.45. The maximum Gasteiger partial charge on any atom is 0.255 e. The molecule has 2 unspecified atom stereocenters. The first-order chi connectivity index (χ1) is 13.6. The number of aromatic nitrogens is 2. The van der Waals surface area contributed by atoms with Gasteiger partial charge in [-0.15, -0.1) is 0 Å². The van der Waals surface area contributed by atoms with E-state index in [0.717, 1.165) is 24.1 Å². The lowest BCUT2D eigenvalue weighted by molar-refractivity contribution is 0.102. The van der Waals surface area contributed by atoms with E-state index in [1.807, 2.05) is 66.5 Å². The summed E-state index contributed by atoms with van der Waals surface area (Å²) in [6.07, 6.45) is 5.38. The fourth-order valence-electron chi connectivity index (χ4n) is 3.96. The monoisotopic (exact) mass is 374 g/mol. The summed E-state index contributed by atoms with van der Waals surface area (Å²) in [6.45, 7) is 2.17. The maximum absolute atomic E-state index is 12.4. The zero-order valence-corrected chi connectivity index (χ0v) is 16.4. The van der Waals surface area contributed by atoms with Gasteiger partial charge in [-0.25, -0.2) is 0 Å². The van der Waals surface area contributed by atoms with E-state index in [9.17, 15) is 4.79 Å². The van der Waals surface area contributed by atoms with E-state index in [-0.39, 0.29) is 11.9 Å². The van der Waals surface area contributed by atoms with Gasteiger partial charge in [0.25, 0.3) is 5.91 Å². The van der Waals surface area contributed by atoms with Gasteiger partial charge in [0, 0.05) is 41.6 Å². The third kappa shape index (κ3) is 3.85. The number of amides is 1. The molecule has 4 rings (SSSR count). The Kier molecular flexibility index (Phi) is 5.26. The van der Waals surface area contributed by atoms with Crippen molar-refractivity contribution in [3.63, 3.8) is 0 Å². The van der Waals surface area contributed by atoms with Crippen LogP contribution in [0.25, 0.3) is 0 Å². The lowest BCUT2D eigenvalue weighted by atomic mass is 9.92. The Labute approximate surface area is 165 Å². The molecule has 1 aliphatic rings. The fourth-order valence-corrected chi connectivity index (χ4v) is 3.96. The van der Waals surface area contributed by atoms with Crippen molar-refractivity contribution in [3.05, 3.63) is 83.2 Å². The molecule has 0 radical (unpaired) electrons. The average molecular weight is 374 g/mol. The van der Waals surface area contributed by atoms with E-state index in [0.29, 0.717) is 11.6 Å². The quantitative estimate of drug-likeness (QED) is 0.696. The molecule has 1 aliphatic carbocycles. The number of aryl methyl sites for hydroxylation is 1. The molecule has 1 heterocycles. The van der Waals surface area contributed by atoms with Crippen molar-refractivity contribution in [2.45, 2.75) is 38.3 Å². The van der Waals surface area contributed by atoms with Crippen LogP contribution in [0.5, 0.6) is 0 Å². The normalized spacial score (nSPS) is 17.0. The van der Waals surface area contributed by atoms with Crippen LogP contribution in [-0.4, -0.2) is 15.7 Å². The van der Waals surface area contributed by atoms with Crippen molar-refractivity contribution in [3.8, 4) is 0 Å². The number of nitrogens with one attached hydrogen (secondary N) is 2. The maximum atomic E-state index is 12.4. The number of rotatable bonds is 5. The Hall–Kier alpha value is -2.92. The molecule has 0 saturated carbocycles. The van der Waals surface area contributed by atoms with Gasteiger partial charge in [-0.05, 0) is 56.0 Å². The summed E-state index contributed by atoms with van der Waals surface area (Å²) >= 11 is 0. The Morgan fingerprint density at radius 3 is 2.82 bits per heavy atom. The number of hydrogen-bond donors (Lipinski definition) is 2. The molecule has 1 aromatic heterocycles. The summed E-state index contributed by atoms with van der Waals surface area (Å²) in [5.41, 5.74) is 5.27. The molecule has 5 nitrogen and oxygen atoms in total. The third-order valence-electron chi connectivity index (χ3n) is 5.51. The highest BCUT2D eigenvalue weighted by molar-refractivity contribution is 6.04. The van der Waals surface area contributed by atoms with Gasteiger partial charge in [0.2, 0.25) is 0 Å². The van der Waals surface area contributed by atoms with Gasteiger partial charge in [-0.1, -0.05) is 30.3 Å². The minimum Gasteiger partial charge on any atom is -0.322 e. The van der Waals surface area contributed by atoms with Gasteiger partial charge < -0.3 is 10.6 Å². The number of carbonyl (C=O) groups excluding carboxylic acids is 1. The molecule has 0 spiro atoms. The number of anilines is 1. The molecule has 0 saturated heterocycles. The molecule has 5 heteroatoms. The van der Waals surface area contributed by atoms with Crippen LogP contribution in [0.4, 0.5) is 5.69 Å². The fraction of sp³-hybridized carbons (Fsp3) is 0.304. The minimum absolute atomic E-state index is 0.0920. The summed E-state index contributed by atoms with van der Waals surface area (Å²) < 4.78 is 1.99. The van der Waals surface area contributed by atoms with Crippen LogP contribution >= 0.6 is 0 Å². The van der Waals surface area contributed by atoms with Gasteiger partial charge >= 0.3 is 0 Å². The summed E-state index contributed by atoms with van der Waals surface area (Å²) in [7, 11) is 2.02. The van der Waals surface area contributed by atoms with E-state index in [2.05, 4.69) is 28.7 Å². The molecule has 2 aromatic carbocycles. The van der Waals surface area contributed by atoms with Crippen molar-refractivity contribution in [2.75, 3.05) is 5.32 Å². The molecule has 0 bridgehead atoms. The number of nitrogens with zero attached hydrogens (tertiary/aromatic N) is 2. The van der Waals surface area contributed by atoms with Crippen molar-refractivity contribution < 1.29 is 4.79 Å². The van der Waals surface area contributed by atoms with Crippen LogP contribution in [0.2, 0.25) is 0 Å². The Balaban J connectivity index is 1.46. The molecule has 2 N–H and O–H groups in total. The van der Waals surface area contributed by atoms with Crippen LogP contribution in [0.3, 0.4) is 0 Å². The van der Waals surface area contributed by atoms with E-state index in [4.69, 9.17) is 0 Å². The summed E-state index contributed by atoms with van der Waals surface area (Å²) in [6, 6.07) is 17.8. The lowest BCUT2D eigenvalue weighted by Crippen LogP contribution is -2.27. The van der Waals surface area contributed by atoms with Gasteiger partial charge in [0.15, 0.2) is 0 Å². The zero-order valence-electron chi connectivity index (χ0n) is 16.4. The first-order valence-corrected chi connectivity index (χ1v) is 9.85. The van der Waals surface area contributed by atoms with Crippen LogP contribution in [-0.2, 0) is 13.5 Å². The number of fused-ring (bicyclic) bond motifs is 1. The predicted molar refractivity (Wildman–Crippen MR) is 111 cm³/mol. The summed E-state index contributed by atoms with van der Waals surface area (Å²) in [4.78, 5) is 12.4. The number of carbonyl (C=O) groups is 1. The number of hydrogen-bond acceptors (Lipinski definition) is 3. The van der Waals surface area contributed by atoms with Crippen molar-refractivity contribution >= 4 is 11.6 Å². The summed E-state index contributed by atoms with van der Waals surface area (Å²) in [5, 5.41) is 11.2. The Morgan fingerprint density at radius 2 is 2.00 bits per heavy atom. The van der Waals surface area contributed by atoms with Crippen molar-refractivity contribution in [1.29, 1.82) is 0 Å². The van der Waals surface area contributed by atoms with Gasteiger partial charge in [0.1, 0.15) is 0 Å². The first-order valence-electron chi connectivity index (χ1n) is 9.85. The third-order valence-corrected chi connectivity index (χ3v) is 5.51. The van der Waals surface area contributed by atoms with E-state index >= 15 is 0 Å². The highest BCUT2D eigenvalue weighted by atomic mass is 16.1. The van der Waals surface area contributed by atoms with E-state index < -0.39 is 0 Å². The standard InChI is InChI=1S/C23H26N4O/c1-16(25-21-12-7-13-22-20(21)15-24-27(22)2)18-10-6-11-19(14-18)26-23(28)17-8-4-3-5-9-17/h3-6,8-11,14-16,21,25H,7,12-13H2,1-2H3,(H,26,28). The molecule has 0 fully saturated rings. The van der Waals surface area contributed by atoms with E-state index in [1.54, 1.807) is 0 Å². The Morgan fingerprint density at radius 1 is 1.18 bits per heavy atom. The van der Waals surface area contributed by atoms with Crippen LogP contribution in [0.1, 0.15) is 59.0 Å². The molecule has 28 heavy (non-hydrogen) atoms. The van der Waals surface area contributed by atoms with Crippen LogP contribution < -0.4 is 10.6 Å². The number of benzene rings is 2. The molecule has 1 amide bonds. The average Bonchev–Trinajstić information content (AvgIpc) is 3.11. The molecule has 144 valence electrons. The summed E-state index contributed by atoms with van der Waals surface area (Å²) in [5.74, 6) is -0.0920. The topological polar surface area (TPSA) is 59.0 Å². The molecular formula is C23H26N4O. The lowest BCUT2D eigenvalue weighted by Gasteiger charge is -2.27. The van der Waals surface area contributed by atoms with Crippen LogP contribution in [0.15, 0.2) is 60.8 Å². The molecule has 2 atom stereocenters. The molecule has 3 aromatic rings. The minimum atomic E-state index is -0.0920. The van der Waals surface area contributed by atoms with E-state index in [1.165, 1.54) is 17.7 Å². The second kappa shape index (κ2) is 7.98. The van der Waals surface area contributed by atoms with Gasteiger partial charge in [-0.3, -0.25) is 9.48 Å². The first kappa shape index (κ1) is 18.4. The SMILES string of the molecule is CC(NC1CCCc2c1cnn2C)c1cccc(NC(=O)c2ccccc2)c1. The van der Waals surface area contributed by atoms with Gasteiger partial charge in [-0.2, -0.15) is 5.10 Å². The second-order valence-corrected chi connectivity index (χ2v) is 7.45. The smallest absolute Gasteiger partial charge is 0.255 e. The van der Waals surface area contributed by atoms with Crippen LogP contribution in [0, 0.1) is 0 Å². The van der Waals surface area contributed by atoms with Gasteiger partial charge in [0.05, 0.1) is 6.20 Å². The zero-order chi connectivity index (χ0) is 19.5. The predicted octanol–water partition coefficient (Wildman–Crippen LogP) is 4.40. The molecule has 0 aliphatic heterocycles. The van der Waals surface area contributed by atoms with Crippen molar-refractivity contribution in [2.24, 2.45) is 7.05 Å². The molecular weight excluding hydrogens is 348 g/mol. The highest BCUT2D eigenvalue weighted by Gasteiger charge is 2.24.